The molecule has 0 saturated heterocycles. The standard InChI is InChI=1S/C16H15Cl2N/c1-10-2-5-13(9-15(10)18)19-16-7-3-11-8-12(17)4-6-14(11)16/h2,4-6,8-9,16,19H,3,7H2,1H3. The maximum absolute atomic E-state index is 6.16. The Bertz CT molecular complexity index is 622. The molecule has 1 aliphatic carbocycles. The lowest BCUT2D eigenvalue weighted by Gasteiger charge is -2.16. The lowest BCUT2D eigenvalue weighted by atomic mass is 10.1. The molecule has 1 nitrogen and oxygen atoms in total. The van der Waals surface area contributed by atoms with Crippen LogP contribution in [0, 0.1) is 6.92 Å². The lowest BCUT2D eigenvalue weighted by Crippen LogP contribution is -2.07. The van der Waals surface area contributed by atoms with Crippen LogP contribution in [0.1, 0.15) is 29.2 Å². The zero-order valence-corrected chi connectivity index (χ0v) is 12.2. The van der Waals surface area contributed by atoms with Gasteiger partial charge in [0, 0.05) is 15.7 Å². The number of anilines is 1. The first-order valence-electron chi connectivity index (χ1n) is 6.44. The van der Waals surface area contributed by atoms with Crippen LogP contribution in [-0.2, 0) is 6.42 Å². The van der Waals surface area contributed by atoms with Crippen molar-refractivity contribution in [3.63, 3.8) is 0 Å². The van der Waals surface area contributed by atoms with Gasteiger partial charge in [-0.2, -0.15) is 0 Å². The van der Waals surface area contributed by atoms with Gasteiger partial charge in [-0.3, -0.25) is 0 Å². The average molecular weight is 292 g/mol. The number of fused-ring (bicyclic) bond motifs is 1. The van der Waals surface area contributed by atoms with Gasteiger partial charge < -0.3 is 5.32 Å². The van der Waals surface area contributed by atoms with Crippen LogP contribution in [0.5, 0.6) is 0 Å². The van der Waals surface area contributed by atoms with Crippen molar-refractivity contribution in [2.75, 3.05) is 5.32 Å². The molecule has 0 heterocycles. The molecular formula is C16H15Cl2N. The molecule has 19 heavy (non-hydrogen) atoms. The molecule has 3 heteroatoms. The molecule has 0 amide bonds. The Balaban J connectivity index is 1.84. The van der Waals surface area contributed by atoms with Crippen LogP contribution in [0.3, 0.4) is 0 Å². The zero-order valence-electron chi connectivity index (χ0n) is 10.7. The Morgan fingerprint density at radius 1 is 1.11 bits per heavy atom. The summed E-state index contributed by atoms with van der Waals surface area (Å²) >= 11 is 12.2. The Kier molecular flexibility index (Phi) is 3.42. The average Bonchev–Trinajstić information content (AvgIpc) is 2.76. The van der Waals surface area contributed by atoms with Crippen LogP contribution in [0.2, 0.25) is 10.0 Å². The predicted octanol–water partition coefficient (Wildman–Crippen LogP) is 5.40. The Hall–Kier alpha value is -1.18. The maximum atomic E-state index is 6.16. The normalized spacial score (nSPS) is 17.3. The summed E-state index contributed by atoms with van der Waals surface area (Å²) in [5.74, 6) is 0. The van der Waals surface area contributed by atoms with Crippen LogP contribution in [0.25, 0.3) is 0 Å². The summed E-state index contributed by atoms with van der Waals surface area (Å²) in [4.78, 5) is 0. The van der Waals surface area contributed by atoms with Gasteiger partial charge in [-0.05, 0) is 60.7 Å². The smallest absolute Gasteiger partial charge is 0.0519 e. The third kappa shape index (κ3) is 2.58. The molecule has 1 unspecified atom stereocenters. The van der Waals surface area contributed by atoms with Crippen LogP contribution in [0.15, 0.2) is 36.4 Å². The van der Waals surface area contributed by atoms with Gasteiger partial charge in [0.25, 0.3) is 0 Å². The number of aryl methyl sites for hydroxylation is 2. The van der Waals surface area contributed by atoms with E-state index >= 15 is 0 Å². The summed E-state index contributed by atoms with van der Waals surface area (Å²) in [6.45, 7) is 2.01. The van der Waals surface area contributed by atoms with Crippen LogP contribution in [-0.4, -0.2) is 0 Å². The van der Waals surface area contributed by atoms with E-state index in [1.807, 2.05) is 25.1 Å². The van der Waals surface area contributed by atoms with Crippen molar-refractivity contribution in [2.45, 2.75) is 25.8 Å². The minimum absolute atomic E-state index is 0.353. The fraction of sp³-hybridized carbons (Fsp3) is 0.250. The molecule has 0 spiro atoms. The largest absolute Gasteiger partial charge is 0.378 e. The second-order valence-electron chi connectivity index (χ2n) is 5.04. The molecule has 0 bridgehead atoms. The molecule has 0 aromatic heterocycles. The van der Waals surface area contributed by atoms with Gasteiger partial charge >= 0.3 is 0 Å². The van der Waals surface area contributed by atoms with E-state index in [-0.39, 0.29) is 0 Å². The molecule has 2 aromatic carbocycles. The van der Waals surface area contributed by atoms with E-state index in [1.165, 1.54) is 11.1 Å². The van der Waals surface area contributed by atoms with Crippen molar-refractivity contribution in [3.8, 4) is 0 Å². The predicted molar refractivity (Wildman–Crippen MR) is 82.3 cm³/mol. The van der Waals surface area contributed by atoms with Crippen molar-refractivity contribution in [1.82, 2.24) is 0 Å². The Morgan fingerprint density at radius 3 is 2.74 bits per heavy atom. The summed E-state index contributed by atoms with van der Waals surface area (Å²) in [5, 5.41) is 5.18. The van der Waals surface area contributed by atoms with E-state index in [1.54, 1.807) is 0 Å². The van der Waals surface area contributed by atoms with Gasteiger partial charge in [0.2, 0.25) is 0 Å². The molecular weight excluding hydrogens is 277 g/mol. The van der Waals surface area contributed by atoms with Crippen molar-refractivity contribution in [3.05, 3.63) is 63.1 Å². The first-order chi connectivity index (χ1) is 9.13. The molecule has 3 rings (SSSR count). The van der Waals surface area contributed by atoms with Gasteiger partial charge in [-0.25, -0.2) is 0 Å². The third-order valence-corrected chi connectivity index (χ3v) is 4.34. The van der Waals surface area contributed by atoms with Crippen molar-refractivity contribution < 1.29 is 0 Å². The second kappa shape index (κ2) is 5.07. The first kappa shape index (κ1) is 12.8. The number of rotatable bonds is 2. The highest BCUT2D eigenvalue weighted by atomic mass is 35.5. The Labute approximate surface area is 123 Å². The number of benzene rings is 2. The second-order valence-corrected chi connectivity index (χ2v) is 5.89. The third-order valence-electron chi connectivity index (χ3n) is 3.70. The summed E-state index contributed by atoms with van der Waals surface area (Å²) in [5.41, 5.74) is 4.87. The molecule has 2 aromatic rings. The van der Waals surface area contributed by atoms with Crippen molar-refractivity contribution in [2.24, 2.45) is 0 Å². The zero-order chi connectivity index (χ0) is 13.4. The fourth-order valence-electron chi connectivity index (χ4n) is 2.62. The molecule has 0 fully saturated rings. The Morgan fingerprint density at radius 2 is 1.95 bits per heavy atom. The molecule has 0 aliphatic heterocycles. The van der Waals surface area contributed by atoms with E-state index in [9.17, 15) is 0 Å². The van der Waals surface area contributed by atoms with Gasteiger partial charge in [-0.1, -0.05) is 35.3 Å². The fourth-order valence-corrected chi connectivity index (χ4v) is 3.00. The number of nitrogens with one attached hydrogen (secondary N) is 1. The highest BCUT2D eigenvalue weighted by molar-refractivity contribution is 6.31. The molecule has 1 N–H and O–H groups in total. The number of halogens is 2. The van der Waals surface area contributed by atoms with E-state index in [0.717, 1.165) is 34.1 Å². The number of hydrogen-bond donors (Lipinski definition) is 1. The minimum atomic E-state index is 0.353. The highest BCUT2D eigenvalue weighted by Crippen LogP contribution is 2.35. The van der Waals surface area contributed by atoms with E-state index in [4.69, 9.17) is 23.2 Å². The number of hydrogen-bond acceptors (Lipinski definition) is 1. The van der Waals surface area contributed by atoms with Gasteiger partial charge in [0.05, 0.1) is 6.04 Å². The molecule has 1 atom stereocenters. The minimum Gasteiger partial charge on any atom is -0.378 e. The maximum Gasteiger partial charge on any atom is 0.0519 e. The van der Waals surface area contributed by atoms with Crippen LogP contribution in [0.4, 0.5) is 5.69 Å². The summed E-state index contributed by atoms with van der Waals surface area (Å²) in [6, 6.07) is 12.6. The quantitative estimate of drug-likeness (QED) is 0.781. The van der Waals surface area contributed by atoms with Gasteiger partial charge in [0.15, 0.2) is 0 Å². The van der Waals surface area contributed by atoms with Crippen molar-refractivity contribution >= 4 is 28.9 Å². The summed E-state index contributed by atoms with van der Waals surface area (Å²) < 4.78 is 0. The molecule has 0 saturated carbocycles. The van der Waals surface area contributed by atoms with Gasteiger partial charge in [-0.15, -0.1) is 0 Å². The highest BCUT2D eigenvalue weighted by Gasteiger charge is 2.22. The monoisotopic (exact) mass is 291 g/mol. The van der Waals surface area contributed by atoms with Crippen LogP contribution >= 0.6 is 23.2 Å². The SMILES string of the molecule is Cc1ccc(NC2CCc3cc(Cl)ccc32)cc1Cl. The van der Waals surface area contributed by atoms with Gasteiger partial charge in [0.1, 0.15) is 0 Å². The van der Waals surface area contributed by atoms with E-state index in [0.29, 0.717) is 6.04 Å². The molecule has 98 valence electrons. The lowest BCUT2D eigenvalue weighted by molar-refractivity contribution is 0.762. The van der Waals surface area contributed by atoms with E-state index in [2.05, 4.69) is 23.5 Å². The topological polar surface area (TPSA) is 12.0 Å². The summed E-state index contributed by atoms with van der Waals surface area (Å²) in [7, 11) is 0. The summed E-state index contributed by atoms with van der Waals surface area (Å²) in [6.07, 6.45) is 2.17. The van der Waals surface area contributed by atoms with Crippen LogP contribution < -0.4 is 5.32 Å². The molecule has 1 aliphatic rings. The van der Waals surface area contributed by atoms with E-state index < -0.39 is 0 Å². The first-order valence-corrected chi connectivity index (χ1v) is 7.20. The molecule has 0 radical (unpaired) electrons. The van der Waals surface area contributed by atoms with Crippen molar-refractivity contribution in [1.29, 1.82) is 0 Å².